The van der Waals surface area contributed by atoms with Gasteiger partial charge in [0.25, 0.3) is 0 Å². The minimum atomic E-state index is 0.183. The first-order valence-electron chi connectivity index (χ1n) is 8.68. The fourth-order valence-electron chi connectivity index (χ4n) is 3.43. The number of hydrogen-bond acceptors (Lipinski definition) is 4. The van der Waals surface area contributed by atoms with Gasteiger partial charge in [0.05, 0.1) is 18.1 Å². The maximum atomic E-state index is 12.6. The molecule has 1 aromatic carbocycles. The minimum absolute atomic E-state index is 0.183. The SMILES string of the molecule is Cc1ccnc(C2CCN(C(=O)Cc3ccc4cn[nH]c4c3)CC2)n1. The number of aromatic nitrogens is 4. The highest BCUT2D eigenvalue weighted by atomic mass is 16.2. The van der Waals surface area contributed by atoms with Gasteiger partial charge in [-0.25, -0.2) is 9.97 Å². The van der Waals surface area contributed by atoms with Crippen LogP contribution in [0.1, 0.15) is 35.8 Å². The van der Waals surface area contributed by atoms with Gasteiger partial charge in [-0.15, -0.1) is 0 Å². The van der Waals surface area contributed by atoms with Crippen LogP contribution >= 0.6 is 0 Å². The van der Waals surface area contributed by atoms with Gasteiger partial charge in [0.2, 0.25) is 5.91 Å². The molecule has 0 saturated carbocycles. The standard InChI is InChI=1S/C19H21N5O/c1-13-4-7-20-19(22-13)15-5-8-24(9-6-15)18(25)11-14-2-3-16-12-21-23-17(16)10-14/h2-4,7,10,12,15H,5-6,8-9,11H2,1H3,(H,21,23). The Morgan fingerprint density at radius 3 is 2.92 bits per heavy atom. The molecule has 0 unspecified atom stereocenters. The van der Waals surface area contributed by atoms with Crippen LogP contribution in [-0.2, 0) is 11.2 Å². The fourth-order valence-corrected chi connectivity index (χ4v) is 3.43. The summed E-state index contributed by atoms with van der Waals surface area (Å²) >= 11 is 0. The Balaban J connectivity index is 1.37. The molecule has 1 aliphatic rings. The normalized spacial score (nSPS) is 15.6. The molecule has 1 amide bonds. The highest BCUT2D eigenvalue weighted by Gasteiger charge is 2.25. The highest BCUT2D eigenvalue weighted by molar-refractivity contribution is 5.82. The van der Waals surface area contributed by atoms with Crippen LogP contribution in [0.3, 0.4) is 0 Å². The third-order valence-electron chi connectivity index (χ3n) is 4.89. The first-order chi connectivity index (χ1) is 12.2. The van der Waals surface area contributed by atoms with Gasteiger partial charge in [0, 0.05) is 36.3 Å². The number of aryl methyl sites for hydroxylation is 1. The van der Waals surface area contributed by atoms with E-state index in [0.717, 1.165) is 53.9 Å². The van der Waals surface area contributed by atoms with Crippen LogP contribution in [-0.4, -0.2) is 44.1 Å². The van der Waals surface area contributed by atoms with Crippen LogP contribution in [0.5, 0.6) is 0 Å². The number of amides is 1. The second-order valence-corrected chi connectivity index (χ2v) is 6.68. The van der Waals surface area contributed by atoms with Crippen LogP contribution in [0, 0.1) is 6.92 Å². The lowest BCUT2D eigenvalue weighted by atomic mass is 9.95. The molecule has 1 aliphatic heterocycles. The smallest absolute Gasteiger partial charge is 0.226 e. The van der Waals surface area contributed by atoms with E-state index in [0.29, 0.717) is 12.3 Å². The second-order valence-electron chi connectivity index (χ2n) is 6.68. The van der Waals surface area contributed by atoms with Crippen molar-refractivity contribution in [2.75, 3.05) is 13.1 Å². The molecule has 0 aliphatic carbocycles. The van der Waals surface area contributed by atoms with Crippen LogP contribution < -0.4 is 0 Å². The predicted octanol–water partition coefficient (Wildman–Crippen LogP) is 2.61. The quantitative estimate of drug-likeness (QED) is 0.798. The van der Waals surface area contributed by atoms with Gasteiger partial charge in [-0.2, -0.15) is 5.10 Å². The summed E-state index contributed by atoms with van der Waals surface area (Å²) in [5, 5.41) is 8.04. The molecule has 0 atom stereocenters. The molecule has 3 aromatic rings. The molecule has 6 heteroatoms. The molecule has 2 aromatic heterocycles. The number of aromatic amines is 1. The molecule has 3 heterocycles. The van der Waals surface area contributed by atoms with Gasteiger partial charge >= 0.3 is 0 Å². The van der Waals surface area contributed by atoms with E-state index in [4.69, 9.17) is 0 Å². The number of carbonyl (C=O) groups is 1. The van der Waals surface area contributed by atoms with Crippen molar-refractivity contribution in [2.24, 2.45) is 0 Å². The molecular weight excluding hydrogens is 314 g/mol. The number of nitrogens with one attached hydrogen (secondary N) is 1. The number of piperidine rings is 1. The molecule has 128 valence electrons. The average molecular weight is 335 g/mol. The van der Waals surface area contributed by atoms with Gasteiger partial charge in [-0.1, -0.05) is 12.1 Å². The van der Waals surface area contributed by atoms with Gasteiger partial charge < -0.3 is 4.90 Å². The Morgan fingerprint density at radius 1 is 1.28 bits per heavy atom. The van der Waals surface area contributed by atoms with E-state index in [9.17, 15) is 4.79 Å². The lowest BCUT2D eigenvalue weighted by Crippen LogP contribution is -2.39. The maximum absolute atomic E-state index is 12.6. The summed E-state index contributed by atoms with van der Waals surface area (Å²) in [7, 11) is 0. The van der Waals surface area contributed by atoms with Crippen molar-refractivity contribution in [3.63, 3.8) is 0 Å². The summed E-state index contributed by atoms with van der Waals surface area (Å²) in [5.74, 6) is 1.45. The van der Waals surface area contributed by atoms with Crippen LogP contribution in [0.15, 0.2) is 36.7 Å². The van der Waals surface area contributed by atoms with Crippen LogP contribution in [0.4, 0.5) is 0 Å². The van der Waals surface area contributed by atoms with E-state index < -0.39 is 0 Å². The first kappa shape index (κ1) is 15.7. The molecule has 0 radical (unpaired) electrons. The van der Waals surface area contributed by atoms with Crippen LogP contribution in [0.2, 0.25) is 0 Å². The lowest BCUT2D eigenvalue weighted by Gasteiger charge is -2.31. The summed E-state index contributed by atoms with van der Waals surface area (Å²) in [6.07, 6.45) is 5.89. The maximum Gasteiger partial charge on any atom is 0.226 e. The topological polar surface area (TPSA) is 74.8 Å². The Bertz CT molecular complexity index is 895. The summed E-state index contributed by atoms with van der Waals surface area (Å²) in [5.41, 5.74) is 2.99. The van der Waals surface area contributed by atoms with Crippen molar-refractivity contribution in [1.82, 2.24) is 25.1 Å². The van der Waals surface area contributed by atoms with Gasteiger partial charge in [-0.3, -0.25) is 9.89 Å². The van der Waals surface area contributed by atoms with E-state index in [2.05, 4.69) is 20.2 Å². The largest absolute Gasteiger partial charge is 0.342 e. The van der Waals surface area contributed by atoms with Crippen molar-refractivity contribution >= 4 is 16.8 Å². The van der Waals surface area contributed by atoms with E-state index in [1.54, 1.807) is 6.20 Å². The number of rotatable bonds is 3. The number of hydrogen-bond donors (Lipinski definition) is 1. The number of likely N-dealkylation sites (tertiary alicyclic amines) is 1. The number of H-pyrrole nitrogens is 1. The monoisotopic (exact) mass is 335 g/mol. The summed E-state index contributed by atoms with van der Waals surface area (Å²) < 4.78 is 0. The zero-order valence-corrected chi connectivity index (χ0v) is 14.3. The van der Waals surface area contributed by atoms with Crippen molar-refractivity contribution in [3.8, 4) is 0 Å². The van der Waals surface area contributed by atoms with E-state index in [1.165, 1.54) is 0 Å². The number of carbonyl (C=O) groups excluding carboxylic acids is 1. The fraction of sp³-hybridized carbons (Fsp3) is 0.368. The number of benzene rings is 1. The Hall–Kier alpha value is -2.76. The van der Waals surface area contributed by atoms with Gasteiger partial charge in [0.15, 0.2) is 0 Å². The first-order valence-corrected chi connectivity index (χ1v) is 8.68. The number of fused-ring (bicyclic) bond motifs is 1. The molecular formula is C19H21N5O. The molecule has 1 N–H and O–H groups in total. The Kier molecular flexibility index (Phi) is 4.17. The van der Waals surface area contributed by atoms with Crippen molar-refractivity contribution < 1.29 is 4.79 Å². The summed E-state index contributed by atoms with van der Waals surface area (Å²) in [6.45, 7) is 3.53. The molecule has 0 bridgehead atoms. The van der Waals surface area contributed by atoms with E-state index in [1.807, 2.05) is 42.3 Å². The minimum Gasteiger partial charge on any atom is -0.342 e. The third kappa shape index (κ3) is 3.38. The zero-order chi connectivity index (χ0) is 17.2. The van der Waals surface area contributed by atoms with E-state index in [-0.39, 0.29) is 5.91 Å². The third-order valence-corrected chi connectivity index (χ3v) is 4.89. The predicted molar refractivity (Wildman–Crippen MR) is 95.1 cm³/mol. The Morgan fingerprint density at radius 2 is 2.12 bits per heavy atom. The van der Waals surface area contributed by atoms with Crippen molar-refractivity contribution in [2.45, 2.75) is 32.1 Å². The molecule has 0 spiro atoms. The molecule has 6 nitrogen and oxygen atoms in total. The van der Waals surface area contributed by atoms with Crippen molar-refractivity contribution in [1.29, 1.82) is 0 Å². The van der Waals surface area contributed by atoms with Gasteiger partial charge in [-0.05, 0) is 37.5 Å². The second kappa shape index (κ2) is 6.63. The lowest BCUT2D eigenvalue weighted by molar-refractivity contribution is -0.131. The molecule has 1 saturated heterocycles. The van der Waals surface area contributed by atoms with Gasteiger partial charge in [0.1, 0.15) is 5.82 Å². The Labute approximate surface area is 146 Å². The number of nitrogens with zero attached hydrogens (tertiary/aromatic N) is 4. The summed E-state index contributed by atoms with van der Waals surface area (Å²) in [6, 6.07) is 7.93. The molecule has 4 rings (SSSR count). The highest BCUT2D eigenvalue weighted by Crippen LogP contribution is 2.26. The van der Waals surface area contributed by atoms with E-state index >= 15 is 0 Å². The zero-order valence-electron chi connectivity index (χ0n) is 14.3. The summed E-state index contributed by atoms with van der Waals surface area (Å²) in [4.78, 5) is 23.5. The average Bonchev–Trinajstić information content (AvgIpc) is 3.09. The molecule has 25 heavy (non-hydrogen) atoms. The van der Waals surface area contributed by atoms with Crippen LogP contribution in [0.25, 0.3) is 10.9 Å². The van der Waals surface area contributed by atoms with Crippen molar-refractivity contribution in [3.05, 3.63) is 53.7 Å². The molecule has 1 fully saturated rings.